The molecule has 0 aliphatic heterocycles. The van der Waals surface area contributed by atoms with E-state index >= 15 is 0 Å². The topological polar surface area (TPSA) is 61.4 Å². The Morgan fingerprint density at radius 2 is 1.61 bits per heavy atom. The zero-order chi connectivity index (χ0) is 22.2. The van der Waals surface area contributed by atoms with Crippen LogP contribution in [0.1, 0.15) is 42.6 Å². The van der Waals surface area contributed by atoms with E-state index in [1.54, 1.807) is 17.0 Å². The van der Waals surface area contributed by atoms with E-state index in [4.69, 9.17) is 0 Å². The molecule has 3 rings (SSSR count). The minimum atomic E-state index is -0.135. The molecule has 0 unspecified atom stereocenters. The number of anilines is 3. The van der Waals surface area contributed by atoms with Crippen molar-refractivity contribution in [3.8, 4) is 0 Å². The van der Waals surface area contributed by atoms with E-state index in [9.17, 15) is 9.59 Å². The molecule has 0 fully saturated rings. The molecule has 3 aromatic carbocycles. The number of para-hydroxylation sites is 2. The van der Waals surface area contributed by atoms with Crippen molar-refractivity contribution in [2.45, 2.75) is 26.7 Å². The van der Waals surface area contributed by atoms with Crippen molar-refractivity contribution in [3.63, 3.8) is 0 Å². The largest absolute Gasteiger partial charge is 0.376 e. The number of hydrogen-bond acceptors (Lipinski definition) is 3. The number of nitrogens with one attached hydrogen (secondary N) is 2. The fourth-order valence-electron chi connectivity index (χ4n) is 3.46. The first-order chi connectivity index (χ1) is 15.0. The zero-order valence-corrected chi connectivity index (χ0v) is 18.3. The Kier molecular flexibility index (Phi) is 7.44. The van der Waals surface area contributed by atoms with Crippen molar-refractivity contribution in [1.82, 2.24) is 0 Å². The molecule has 0 atom stereocenters. The van der Waals surface area contributed by atoms with E-state index in [0.717, 1.165) is 22.6 Å². The lowest BCUT2D eigenvalue weighted by molar-refractivity contribution is -0.114. The van der Waals surface area contributed by atoms with Gasteiger partial charge in [0.15, 0.2) is 0 Å². The Bertz CT molecular complexity index is 1030. The van der Waals surface area contributed by atoms with E-state index in [2.05, 4.69) is 24.5 Å². The molecule has 3 aromatic rings. The molecule has 0 spiro atoms. The predicted molar refractivity (Wildman–Crippen MR) is 128 cm³/mol. The zero-order valence-electron chi connectivity index (χ0n) is 18.3. The number of carbonyl (C=O) groups excluding carboxylic acids is 2. The molecule has 0 bridgehead atoms. The summed E-state index contributed by atoms with van der Waals surface area (Å²) in [6, 6.07) is 24.7. The molecule has 2 N–H and O–H groups in total. The second kappa shape index (κ2) is 10.4. The molecular weight excluding hydrogens is 386 g/mol. The molecule has 0 heterocycles. The van der Waals surface area contributed by atoms with Crippen LogP contribution in [-0.4, -0.2) is 24.9 Å². The van der Waals surface area contributed by atoms with Gasteiger partial charge in [-0.15, -0.1) is 0 Å². The Balaban J connectivity index is 1.66. The number of hydrogen-bond donors (Lipinski definition) is 2. The molecule has 5 nitrogen and oxygen atoms in total. The van der Waals surface area contributed by atoms with Crippen molar-refractivity contribution < 1.29 is 9.59 Å². The van der Waals surface area contributed by atoms with E-state index in [1.807, 2.05) is 73.7 Å². The summed E-state index contributed by atoms with van der Waals surface area (Å²) in [5.74, 6) is 0.107. The third kappa shape index (κ3) is 5.72. The van der Waals surface area contributed by atoms with Crippen LogP contribution in [0.3, 0.4) is 0 Å². The van der Waals surface area contributed by atoms with Crippen molar-refractivity contribution in [2.24, 2.45) is 0 Å². The van der Waals surface area contributed by atoms with Gasteiger partial charge in [0.1, 0.15) is 0 Å². The minimum Gasteiger partial charge on any atom is -0.376 e. The summed E-state index contributed by atoms with van der Waals surface area (Å²) in [4.78, 5) is 27.2. The molecule has 160 valence electrons. The maximum atomic E-state index is 13.0. The first-order valence-corrected chi connectivity index (χ1v) is 10.6. The van der Waals surface area contributed by atoms with Gasteiger partial charge in [-0.3, -0.25) is 9.59 Å². The molecule has 0 saturated heterocycles. The predicted octanol–water partition coefficient (Wildman–Crippen LogP) is 5.53. The lowest BCUT2D eigenvalue weighted by Gasteiger charge is -2.21. The first kappa shape index (κ1) is 22.1. The standard InChI is InChI=1S/C26H29N3O2/c1-4-29(22-13-6-5-7-14-22)26(31)20-11-10-12-21(17-20)27-18-25(30)28-24-16-9-8-15-23(24)19(2)3/h5-17,19,27H,4,18H2,1-3H3,(H,28,30). The highest BCUT2D eigenvalue weighted by molar-refractivity contribution is 6.06. The number of carbonyl (C=O) groups is 2. The normalized spacial score (nSPS) is 10.6. The van der Waals surface area contributed by atoms with Crippen LogP contribution in [0.15, 0.2) is 78.9 Å². The minimum absolute atomic E-state index is 0.0762. The van der Waals surface area contributed by atoms with E-state index in [1.165, 1.54) is 0 Å². The highest BCUT2D eigenvalue weighted by Gasteiger charge is 2.16. The second-order valence-corrected chi connectivity index (χ2v) is 7.61. The van der Waals surface area contributed by atoms with Gasteiger partial charge in [0, 0.05) is 29.2 Å². The summed E-state index contributed by atoms with van der Waals surface area (Å²) in [5, 5.41) is 6.09. The summed E-state index contributed by atoms with van der Waals surface area (Å²) < 4.78 is 0. The number of rotatable bonds is 8. The molecule has 0 aliphatic rings. The number of nitrogens with zero attached hydrogens (tertiary/aromatic N) is 1. The average molecular weight is 416 g/mol. The van der Waals surface area contributed by atoms with Crippen LogP contribution in [0.4, 0.5) is 17.1 Å². The van der Waals surface area contributed by atoms with Crippen LogP contribution in [0.25, 0.3) is 0 Å². The van der Waals surface area contributed by atoms with Crippen LogP contribution in [0, 0.1) is 0 Å². The first-order valence-electron chi connectivity index (χ1n) is 10.6. The molecular formula is C26H29N3O2. The smallest absolute Gasteiger partial charge is 0.258 e. The van der Waals surface area contributed by atoms with Crippen LogP contribution in [-0.2, 0) is 4.79 Å². The van der Waals surface area contributed by atoms with E-state index < -0.39 is 0 Å². The third-order valence-corrected chi connectivity index (χ3v) is 5.05. The van der Waals surface area contributed by atoms with Gasteiger partial charge in [-0.25, -0.2) is 0 Å². The highest BCUT2D eigenvalue weighted by atomic mass is 16.2. The summed E-state index contributed by atoms with van der Waals surface area (Å²) in [6.07, 6.45) is 0. The molecule has 2 amide bonds. The van der Waals surface area contributed by atoms with Crippen LogP contribution in [0.5, 0.6) is 0 Å². The lowest BCUT2D eigenvalue weighted by atomic mass is 10.0. The summed E-state index contributed by atoms with van der Waals surface area (Å²) in [7, 11) is 0. The van der Waals surface area contributed by atoms with Crippen molar-refractivity contribution in [2.75, 3.05) is 28.6 Å². The molecule has 0 aromatic heterocycles. The van der Waals surface area contributed by atoms with Crippen molar-refractivity contribution >= 4 is 28.9 Å². The molecule has 0 aliphatic carbocycles. The molecule has 31 heavy (non-hydrogen) atoms. The Morgan fingerprint density at radius 3 is 2.32 bits per heavy atom. The molecule has 0 radical (unpaired) electrons. The summed E-state index contributed by atoms with van der Waals surface area (Å²) in [6.45, 7) is 6.83. The maximum Gasteiger partial charge on any atom is 0.258 e. The van der Waals surface area contributed by atoms with Crippen LogP contribution in [0.2, 0.25) is 0 Å². The average Bonchev–Trinajstić information content (AvgIpc) is 2.79. The Labute approximate surface area is 184 Å². The fraction of sp³-hybridized carbons (Fsp3) is 0.231. The van der Waals surface area contributed by atoms with Gasteiger partial charge in [0.2, 0.25) is 5.91 Å². The van der Waals surface area contributed by atoms with Crippen LogP contribution >= 0.6 is 0 Å². The van der Waals surface area contributed by atoms with Gasteiger partial charge in [-0.2, -0.15) is 0 Å². The number of benzene rings is 3. The van der Waals surface area contributed by atoms with Gasteiger partial charge in [-0.1, -0.05) is 56.3 Å². The fourth-order valence-corrected chi connectivity index (χ4v) is 3.46. The lowest BCUT2D eigenvalue weighted by Crippen LogP contribution is -2.30. The Morgan fingerprint density at radius 1 is 0.903 bits per heavy atom. The van der Waals surface area contributed by atoms with Gasteiger partial charge in [0.05, 0.1) is 6.54 Å². The van der Waals surface area contributed by atoms with E-state index in [0.29, 0.717) is 18.0 Å². The second-order valence-electron chi connectivity index (χ2n) is 7.61. The quantitative estimate of drug-likeness (QED) is 0.509. The van der Waals surface area contributed by atoms with Gasteiger partial charge >= 0.3 is 0 Å². The van der Waals surface area contributed by atoms with E-state index in [-0.39, 0.29) is 18.4 Å². The summed E-state index contributed by atoms with van der Waals surface area (Å²) in [5.41, 5.74) is 4.08. The van der Waals surface area contributed by atoms with Crippen molar-refractivity contribution in [1.29, 1.82) is 0 Å². The van der Waals surface area contributed by atoms with Crippen molar-refractivity contribution in [3.05, 3.63) is 90.0 Å². The molecule has 0 saturated carbocycles. The highest BCUT2D eigenvalue weighted by Crippen LogP contribution is 2.23. The van der Waals surface area contributed by atoms with Gasteiger partial charge in [-0.05, 0) is 54.8 Å². The monoisotopic (exact) mass is 415 g/mol. The van der Waals surface area contributed by atoms with Gasteiger partial charge in [0.25, 0.3) is 5.91 Å². The SMILES string of the molecule is CCN(C(=O)c1cccc(NCC(=O)Nc2ccccc2C(C)C)c1)c1ccccc1. The molecule has 5 heteroatoms. The van der Waals surface area contributed by atoms with Crippen LogP contribution < -0.4 is 15.5 Å². The van der Waals surface area contributed by atoms with Gasteiger partial charge < -0.3 is 15.5 Å². The maximum absolute atomic E-state index is 13.0. The number of amides is 2. The Hall–Kier alpha value is -3.60. The summed E-state index contributed by atoms with van der Waals surface area (Å²) >= 11 is 0. The third-order valence-electron chi connectivity index (χ3n) is 5.05.